The SMILES string of the molecule is CC(C)c1ccccc1[C@H]1CCCN1C1CC2(CCN(c3ccc(C(=O)NS(=O)(=O)c4cc5c(c([N+](=O)[O-])c4)N[C@@H](C4CCC(C)(O)CC4)CO5)c(Oc4cc5cc[nH]c5nc4OC[C@@H]4CCCOC4)c3)CC2)C1. The molecule has 6 aliphatic rings. The number of aliphatic hydroxyl groups is 1. The molecule has 0 bridgehead atoms. The van der Waals surface area contributed by atoms with E-state index in [9.17, 15) is 28.4 Å². The van der Waals surface area contributed by atoms with E-state index in [1.807, 2.05) is 19.1 Å². The van der Waals surface area contributed by atoms with E-state index in [2.05, 4.69) is 62.9 Å². The number of carbonyl (C=O) groups is 1. The lowest BCUT2D eigenvalue weighted by molar-refractivity contribution is -0.384. The number of anilines is 2. The van der Waals surface area contributed by atoms with Gasteiger partial charge in [0.25, 0.3) is 27.5 Å². The number of benzene rings is 3. The van der Waals surface area contributed by atoms with E-state index >= 15 is 0 Å². The number of sulfonamides is 1. The molecule has 2 aliphatic carbocycles. The van der Waals surface area contributed by atoms with Crippen LogP contribution in [-0.2, 0) is 14.8 Å². The molecule has 1 amide bonds. The lowest BCUT2D eigenvalue weighted by Crippen LogP contribution is -2.54. The van der Waals surface area contributed by atoms with Crippen LogP contribution >= 0.6 is 0 Å². The van der Waals surface area contributed by atoms with Gasteiger partial charge in [-0.3, -0.25) is 19.8 Å². The van der Waals surface area contributed by atoms with E-state index in [0.29, 0.717) is 69.2 Å². The lowest BCUT2D eigenvalue weighted by Gasteiger charge is -2.56. The number of nitro groups is 1. The maximum Gasteiger partial charge on any atom is 0.297 e. The fourth-order valence-corrected chi connectivity index (χ4v) is 13.8. The molecule has 3 aromatic carbocycles. The number of fused-ring (bicyclic) bond motifs is 2. The lowest BCUT2D eigenvalue weighted by atomic mass is 9.59. The average Bonchev–Trinajstić information content (AvgIpc) is 4.07. The summed E-state index contributed by atoms with van der Waals surface area (Å²) in [4.78, 5) is 38.8. The topological polar surface area (TPSA) is 211 Å². The molecule has 394 valence electrons. The molecule has 1 spiro atoms. The number of nitrogens with one attached hydrogen (secondary N) is 3. The summed E-state index contributed by atoms with van der Waals surface area (Å²) in [6, 6.07) is 20.7. The van der Waals surface area contributed by atoms with Crippen molar-refractivity contribution in [1.82, 2.24) is 19.6 Å². The highest BCUT2D eigenvalue weighted by molar-refractivity contribution is 7.90. The third-order valence-corrected chi connectivity index (χ3v) is 18.4. The Balaban J connectivity index is 0.843. The summed E-state index contributed by atoms with van der Waals surface area (Å²) in [5.41, 5.74) is 3.35. The number of nitro benzene ring substituents is 1. The predicted octanol–water partition coefficient (Wildman–Crippen LogP) is 10.0. The van der Waals surface area contributed by atoms with E-state index < -0.39 is 37.0 Å². The Labute approximate surface area is 432 Å². The van der Waals surface area contributed by atoms with Gasteiger partial charge >= 0.3 is 0 Å². The van der Waals surface area contributed by atoms with Crippen molar-refractivity contribution in [3.8, 4) is 23.1 Å². The summed E-state index contributed by atoms with van der Waals surface area (Å²) in [6.45, 7) is 10.9. The Bertz CT molecular complexity index is 3000. The Morgan fingerprint density at radius 2 is 1.77 bits per heavy atom. The predicted molar refractivity (Wildman–Crippen MR) is 281 cm³/mol. The Morgan fingerprint density at radius 1 is 0.973 bits per heavy atom. The van der Waals surface area contributed by atoms with Crippen molar-refractivity contribution in [1.29, 1.82) is 0 Å². The van der Waals surface area contributed by atoms with Gasteiger partial charge in [0.1, 0.15) is 18.0 Å². The highest BCUT2D eigenvalue weighted by atomic mass is 32.2. The maximum absolute atomic E-state index is 14.5. The van der Waals surface area contributed by atoms with Crippen molar-refractivity contribution in [2.45, 2.75) is 132 Å². The van der Waals surface area contributed by atoms with Crippen LogP contribution in [-0.4, -0.2) is 103 Å². The fourth-order valence-electron chi connectivity index (χ4n) is 12.8. The number of aromatic amines is 1. The van der Waals surface area contributed by atoms with Gasteiger partial charge in [-0.05, 0) is 143 Å². The molecule has 5 fully saturated rings. The molecule has 17 nitrogen and oxygen atoms in total. The number of rotatable bonds is 14. The number of hydrogen-bond donors (Lipinski definition) is 4. The Hall–Kier alpha value is -5.95. The number of nitrogens with zero attached hydrogens (tertiary/aromatic N) is 4. The first-order chi connectivity index (χ1) is 35.6. The van der Waals surface area contributed by atoms with Gasteiger partial charge in [-0.25, -0.2) is 13.1 Å². The maximum atomic E-state index is 14.5. The van der Waals surface area contributed by atoms with Crippen LogP contribution in [0.1, 0.15) is 131 Å². The van der Waals surface area contributed by atoms with Crippen LogP contribution in [0.3, 0.4) is 0 Å². The van der Waals surface area contributed by atoms with E-state index in [-0.39, 0.29) is 64.3 Å². The second-order valence-corrected chi connectivity index (χ2v) is 24.2. The first-order valence-corrected chi connectivity index (χ1v) is 28.2. The molecule has 0 unspecified atom stereocenters. The largest absolute Gasteiger partial charge is 0.489 e. The fraction of sp³-hybridized carbons (Fsp3) is 0.536. The number of carbonyl (C=O) groups excluding carboxylic acids is 1. The molecule has 3 atom stereocenters. The second-order valence-electron chi connectivity index (χ2n) is 22.5. The standard InChI is InChI=1S/C56H69N7O10S/c1-35(2)42-9-4-5-10-43(42)46-11-6-22-62(46)40-30-56(31-40)19-23-61(24-20-56)39-12-13-44(48(27-39)73-50-26-38-16-21-57-52(38)59-54(50)72-33-36-8-7-25-70-32-36)53(64)60-74(68,69)41-28-47(63(66)67)51-49(29-41)71-34-45(58-51)37-14-17-55(3,65)18-15-37/h4-5,9-10,12-13,16,21,26-29,35-37,40,45-46,58,65H,6-8,11,14-15,17-20,22-25,30-34H2,1-3H3,(H,57,59)(H,60,64)/t36-,37?,45-,46-,55?/m1/s1. The monoisotopic (exact) mass is 1030 g/mol. The van der Waals surface area contributed by atoms with Crippen molar-refractivity contribution in [2.24, 2.45) is 17.3 Å². The highest BCUT2D eigenvalue weighted by Crippen LogP contribution is 2.55. The van der Waals surface area contributed by atoms with Crippen LogP contribution in [0, 0.1) is 27.4 Å². The molecule has 4 aliphatic heterocycles. The number of aromatic nitrogens is 2. The zero-order valence-electron chi connectivity index (χ0n) is 42.6. The van der Waals surface area contributed by atoms with E-state index in [1.165, 1.54) is 42.9 Å². The van der Waals surface area contributed by atoms with Crippen molar-refractivity contribution in [3.63, 3.8) is 0 Å². The molecule has 18 heteroatoms. The van der Waals surface area contributed by atoms with Gasteiger partial charge in [-0.1, -0.05) is 38.1 Å². The van der Waals surface area contributed by atoms with E-state index in [4.69, 9.17) is 23.9 Å². The van der Waals surface area contributed by atoms with Crippen molar-refractivity contribution >= 4 is 44.0 Å². The van der Waals surface area contributed by atoms with Crippen LogP contribution in [0.25, 0.3) is 11.0 Å². The number of H-pyrrole nitrogens is 1. The second kappa shape index (κ2) is 20.3. The molecule has 74 heavy (non-hydrogen) atoms. The van der Waals surface area contributed by atoms with Crippen molar-refractivity contribution in [2.75, 3.05) is 56.3 Å². The van der Waals surface area contributed by atoms with Gasteiger partial charge in [-0.15, -0.1) is 0 Å². The molecular formula is C56H69N7O10S. The molecule has 0 radical (unpaired) electrons. The number of piperidine rings is 1. The summed E-state index contributed by atoms with van der Waals surface area (Å²) < 4.78 is 55.4. The Morgan fingerprint density at radius 3 is 2.53 bits per heavy atom. The minimum absolute atomic E-state index is 0.00666. The summed E-state index contributed by atoms with van der Waals surface area (Å²) in [6.07, 6.45) is 13.0. The smallest absolute Gasteiger partial charge is 0.297 e. The van der Waals surface area contributed by atoms with Crippen LogP contribution in [0.15, 0.2) is 77.8 Å². The first kappa shape index (κ1) is 50.2. The number of pyridine rings is 1. The molecular weight excluding hydrogens is 963 g/mol. The number of likely N-dealkylation sites (tertiary alicyclic amines) is 1. The molecule has 2 aromatic heterocycles. The van der Waals surface area contributed by atoms with E-state index in [1.54, 1.807) is 24.4 Å². The number of amides is 1. The van der Waals surface area contributed by atoms with Crippen LogP contribution in [0.5, 0.6) is 23.1 Å². The summed E-state index contributed by atoms with van der Waals surface area (Å²) in [7, 11) is -4.72. The average molecular weight is 1030 g/mol. The zero-order valence-corrected chi connectivity index (χ0v) is 43.5. The minimum atomic E-state index is -4.72. The number of hydrogen-bond acceptors (Lipinski definition) is 14. The minimum Gasteiger partial charge on any atom is -0.489 e. The van der Waals surface area contributed by atoms with Gasteiger partial charge < -0.3 is 39.3 Å². The first-order valence-electron chi connectivity index (χ1n) is 26.7. The van der Waals surface area contributed by atoms with Gasteiger partial charge in [0, 0.05) is 73.2 Å². The molecule has 5 aromatic rings. The summed E-state index contributed by atoms with van der Waals surface area (Å²) in [5, 5.41) is 27.0. The molecule has 11 rings (SSSR count). The third-order valence-electron chi connectivity index (χ3n) is 17.1. The third kappa shape index (κ3) is 10.3. The normalized spacial score (nSPS) is 25.2. The highest BCUT2D eigenvalue weighted by Gasteiger charge is 2.50. The van der Waals surface area contributed by atoms with Gasteiger partial charge in [-0.2, -0.15) is 4.98 Å². The van der Waals surface area contributed by atoms with E-state index in [0.717, 1.165) is 62.5 Å². The van der Waals surface area contributed by atoms with Crippen molar-refractivity contribution < 1.29 is 42.2 Å². The van der Waals surface area contributed by atoms with Crippen molar-refractivity contribution in [3.05, 3.63) is 99.7 Å². The summed E-state index contributed by atoms with van der Waals surface area (Å²) >= 11 is 0. The van der Waals surface area contributed by atoms with Crippen LogP contribution in [0.2, 0.25) is 0 Å². The molecule has 2 saturated carbocycles. The quantitative estimate of drug-likeness (QED) is 0.0603. The molecule has 3 saturated heterocycles. The van der Waals surface area contributed by atoms with Gasteiger partial charge in [0.05, 0.1) is 40.2 Å². The Kier molecular flexibility index (Phi) is 13.8. The number of ether oxygens (including phenoxy) is 4. The zero-order chi connectivity index (χ0) is 51.4. The van der Waals surface area contributed by atoms with Crippen LogP contribution < -0.4 is 29.1 Å². The van der Waals surface area contributed by atoms with Crippen LogP contribution in [0.4, 0.5) is 17.1 Å². The summed E-state index contributed by atoms with van der Waals surface area (Å²) in [5.74, 6) is 0.251. The van der Waals surface area contributed by atoms with Gasteiger partial charge in [0.2, 0.25) is 0 Å². The molecule has 4 N–H and O–H groups in total. The molecule has 6 heterocycles. The van der Waals surface area contributed by atoms with Gasteiger partial charge in [0.15, 0.2) is 17.2 Å².